The molecular weight excluding hydrogens is 330 g/mol. The van der Waals surface area contributed by atoms with Crippen LogP contribution in [0, 0.1) is 0 Å². The highest BCUT2D eigenvalue weighted by Crippen LogP contribution is 2.31. The molecule has 0 fully saturated rings. The Bertz CT molecular complexity index is 962. The normalized spacial score (nSPS) is 12.1. The number of benzene rings is 2. The zero-order valence-corrected chi connectivity index (χ0v) is 14.5. The van der Waals surface area contributed by atoms with E-state index in [4.69, 9.17) is 10.8 Å². The van der Waals surface area contributed by atoms with Crippen LogP contribution in [0.4, 0.5) is 0 Å². The number of carboxylic acid groups (broad SMARTS) is 1. The molecule has 6 nitrogen and oxygen atoms in total. The molecule has 3 rings (SSSR count). The van der Waals surface area contributed by atoms with Gasteiger partial charge in [0.25, 0.3) is 5.91 Å². The van der Waals surface area contributed by atoms with Crippen molar-refractivity contribution < 1.29 is 14.7 Å². The van der Waals surface area contributed by atoms with E-state index in [2.05, 4.69) is 29.4 Å². The number of aryl methyl sites for hydroxylation is 1. The van der Waals surface area contributed by atoms with Crippen LogP contribution in [0.25, 0.3) is 22.0 Å². The Kier molecular flexibility index (Phi) is 5.04. The van der Waals surface area contributed by atoms with Crippen molar-refractivity contribution in [3.63, 3.8) is 0 Å². The minimum absolute atomic E-state index is 0.130. The topological polar surface area (TPSA) is 108 Å². The van der Waals surface area contributed by atoms with E-state index in [9.17, 15) is 9.59 Å². The molecule has 1 atom stereocenters. The summed E-state index contributed by atoms with van der Waals surface area (Å²) in [5.74, 6) is -1.53. The van der Waals surface area contributed by atoms with E-state index in [1.165, 1.54) is 5.56 Å². The number of aromatic nitrogens is 1. The van der Waals surface area contributed by atoms with E-state index in [-0.39, 0.29) is 12.5 Å². The Morgan fingerprint density at radius 3 is 2.62 bits per heavy atom. The van der Waals surface area contributed by atoms with Gasteiger partial charge in [0, 0.05) is 17.4 Å². The van der Waals surface area contributed by atoms with Gasteiger partial charge < -0.3 is 21.1 Å². The summed E-state index contributed by atoms with van der Waals surface area (Å²) in [5.41, 5.74) is 10.1. The molecule has 1 amide bonds. The van der Waals surface area contributed by atoms with Crippen molar-refractivity contribution in [3.05, 3.63) is 59.8 Å². The van der Waals surface area contributed by atoms with Crippen molar-refractivity contribution in [2.45, 2.75) is 19.4 Å². The van der Waals surface area contributed by atoms with Gasteiger partial charge in [-0.2, -0.15) is 0 Å². The number of aliphatic carboxylic acids is 1. The molecule has 0 bridgehead atoms. The molecule has 1 aromatic heterocycles. The summed E-state index contributed by atoms with van der Waals surface area (Å²) in [6.07, 6.45) is 0.914. The van der Waals surface area contributed by atoms with E-state index < -0.39 is 12.0 Å². The van der Waals surface area contributed by atoms with Crippen molar-refractivity contribution in [3.8, 4) is 11.1 Å². The molecule has 0 aliphatic heterocycles. The molecule has 0 aliphatic carbocycles. The molecule has 134 valence electrons. The van der Waals surface area contributed by atoms with Gasteiger partial charge in [0.05, 0.1) is 0 Å². The number of amides is 1. The minimum atomic E-state index is -1.15. The third-order valence-electron chi connectivity index (χ3n) is 4.40. The van der Waals surface area contributed by atoms with Gasteiger partial charge in [-0.1, -0.05) is 43.3 Å². The maximum absolute atomic E-state index is 12.3. The lowest BCUT2D eigenvalue weighted by Gasteiger charge is -2.09. The lowest BCUT2D eigenvalue weighted by Crippen LogP contribution is -2.42. The van der Waals surface area contributed by atoms with Gasteiger partial charge in [0.15, 0.2) is 0 Å². The number of hydrogen-bond acceptors (Lipinski definition) is 3. The second-order valence-corrected chi connectivity index (χ2v) is 6.12. The van der Waals surface area contributed by atoms with Crippen molar-refractivity contribution >= 4 is 22.8 Å². The summed E-state index contributed by atoms with van der Waals surface area (Å²) in [4.78, 5) is 26.2. The van der Waals surface area contributed by atoms with Crippen LogP contribution in [0.3, 0.4) is 0 Å². The summed E-state index contributed by atoms with van der Waals surface area (Å²) >= 11 is 0. The number of aromatic amines is 1. The first-order chi connectivity index (χ1) is 12.5. The van der Waals surface area contributed by atoms with Gasteiger partial charge in [-0.05, 0) is 35.2 Å². The predicted octanol–water partition coefficient (Wildman–Crippen LogP) is 2.54. The molecule has 0 unspecified atom stereocenters. The average Bonchev–Trinajstić information content (AvgIpc) is 3.10. The highest BCUT2D eigenvalue weighted by atomic mass is 16.4. The molecule has 0 spiro atoms. The van der Waals surface area contributed by atoms with Crippen molar-refractivity contribution in [1.82, 2.24) is 10.3 Å². The molecule has 0 saturated heterocycles. The molecule has 0 saturated carbocycles. The lowest BCUT2D eigenvalue weighted by molar-refractivity contribution is -0.138. The Morgan fingerprint density at radius 2 is 1.88 bits per heavy atom. The summed E-state index contributed by atoms with van der Waals surface area (Å²) in [5, 5.41) is 12.3. The van der Waals surface area contributed by atoms with Gasteiger partial charge in [-0.15, -0.1) is 0 Å². The number of nitrogens with two attached hydrogens (primary N) is 1. The number of carboxylic acids is 1. The maximum Gasteiger partial charge on any atom is 0.322 e. The molecule has 0 radical (unpaired) electrons. The second-order valence-electron chi connectivity index (χ2n) is 6.12. The molecule has 0 aliphatic rings. The van der Waals surface area contributed by atoms with Crippen molar-refractivity contribution in [2.24, 2.45) is 5.73 Å². The summed E-state index contributed by atoms with van der Waals surface area (Å²) in [6.45, 7) is 1.98. The summed E-state index contributed by atoms with van der Waals surface area (Å²) < 4.78 is 0. The third-order valence-corrected chi connectivity index (χ3v) is 4.40. The molecule has 5 N–H and O–H groups in total. The van der Waals surface area contributed by atoms with E-state index in [1.807, 2.05) is 30.3 Å². The summed E-state index contributed by atoms with van der Waals surface area (Å²) in [7, 11) is 0. The van der Waals surface area contributed by atoms with E-state index in [0.29, 0.717) is 5.69 Å². The van der Waals surface area contributed by atoms with E-state index >= 15 is 0 Å². The molecule has 1 heterocycles. The van der Waals surface area contributed by atoms with Gasteiger partial charge in [-0.3, -0.25) is 9.59 Å². The predicted molar refractivity (Wildman–Crippen MR) is 101 cm³/mol. The summed E-state index contributed by atoms with van der Waals surface area (Å²) in [6, 6.07) is 14.7. The molecule has 26 heavy (non-hydrogen) atoms. The molecule has 2 aromatic carbocycles. The van der Waals surface area contributed by atoms with Gasteiger partial charge in [0.1, 0.15) is 11.7 Å². The van der Waals surface area contributed by atoms with Gasteiger partial charge in [0.2, 0.25) is 0 Å². The molecule has 6 heteroatoms. The van der Waals surface area contributed by atoms with Crippen LogP contribution >= 0.6 is 0 Å². The quantitative estimate of drug-likeness (QED) is 0.547. The standard InChI is InChI=1S/C20H21N3O3/c1-2-12-6-3-4-7-13(12)14-8-5-9-17-15(14)10-18(23-17)19(24)22-11-16(21)20(25)26/h3-10,16,23H,2,11,21H2,1H3,(H,22,24)(H,25,26)/t16-/m1/s1. The Morgan fingerprint density at radius 1 is 1.15 bits per heavy atom. The minimum Gasteiger partial charge on any atom is -0.480 e. The van der Waals surface area contributed by atoms with Gasteiger partial charge >= 0.3 is 5.97 Å². The Hall–Kier alpha value is -3.12. The van der Waals surface area contributed by atoms with E-state index in [0.717, 1.165) is 28.5 Å². The SMILES string of the molecule is CCc1ccccc1-c1cccc2[nH]c(C(=O)NC[C@@H](N)C(=O)O)cc12. The number of nitrogens with one attached hydrogen (secondary N) is 2. The monoisotopic (exact) mass is 351 g/mol. The fourth-order valence-corrected chi connectivity index (χ4v) is 2.99. The largest absolute Gasteiger partial charge is 0.480 e. The number of fused-ring (bicyclic) bond motifs is 1. The number of rotatable bonds is 6. The number of carbonyl (C=O) groups excluding carboxylic acids is 1. The van der Waals surface area contributed by atoms with Crippen molar-refractivity contribution in [2.75, 3.05) is 6.54 Å². The first kappa shape index (κ1) is 17.7. The fourth-order valence-electron chi connectivity index (χ4n) is 2.99. The molecule has 3 aromatic rings. The van der Waals surface area contributed by atoms with Crippen LogP contribution in [-0.2, 0) is 11.2 Å². The fraction of sp³-hybridized carbons (Fsp3) is 0.200. The second kappa shape index (κ2) is 7.41. The maximum atomic E-state index is 12.3. The zero-order valence-electron chi connectivity index (χ0n) is 14.5. The first-order valence-corrected chi connectivity index (χ1v) is 8.48. The highest BCUT2D eigenvalue weighted by Gasteiger charge is 2.16. The number of carbonyl (C=O) groups is 2. The zero-order chi connectivity index (χ0) is 18.7. The van der Waals surface area contributed by atoms with Crippen molar-refractivity contribution in [1.29, 1.82) is 0 Å². The highest BCUT2D eigenvalue weighted by molar-refractivity contribution is 6.03. The van der Waals surface area contributed by atoms with Crippen LogP contribution in [0.2, 0.25) is 0 Å². The Labute approximate surface area is 151 Å². The first-order valence-electron chi connectivity index (χ1n) is 8.48. The average molecular weight is 351 g/mol. The van der Waals surface area contributed by atoms with Crippen LogP contribution < -0.4 is 11.1 Å². The Balaban J connectivity index is 1.95. The van der Waals surface area contributed by atoms with Crippen LogP contribution in [0.1, 0.15) is 23.0 Å². The number of hydrogen-bond donors (Lipinski definition) is 4. The van der Waals surface area contributed by atoms with Crippen LogP contribution in [0.5, 0.6) is 0 Å². The third kappa shape index (κ3) is 3.45. The number of H-pyrrole nitrogens is 1. The molecular formula is C20H21N3O3. The smallest absolute Gasteiger partial charge is 0.322 e. The van der Waals surface area contributed by atoms with Crippen LogP contribution in [0.15, 0.2) is 48.5 Å². The lowest BCUT2D eigenvalue weighted by atomic mass is 9.95. The van der Waals surface area contributed by atoms with Crippen LogP contribution in [-0.4, -0.2) is 34.6 Å². The van der Waals surface area contributed by atoms with Gasteiger partial charge in [-0.25, -0.2) is 0 Å². The van der Waals surface area contributed by atoms with E-state index in [1.54, 1.807) is 6.07 Å².